The van der Waals surface area contributed by atoms with E-state index in [0.717, 1.165) is 25.1 Å². The summed E-state index contributed by atoms with van der Waals surface area (Å²) in [6.07, 6.45) is 2.47. The maximum atomic E-state index is 13.6. The lowest BCUT2D eigenvalue weighted by Crippen LogP contribution is -2.48. The smallest absolute Gasteiger partial charge is 0.334 e. The lowest BCUT2D eigenvalue weighted by molar-refractivity contribution is -0.137. The second kappa shape index (κ2) is 9.29. The zero-order valence-electron chi connectivity index (χ0n) is 18.5. The number of piperidine rings is 1. The number of aryl methyl sites for hydroxylation is 2. The average molecular weight is 458 g/mol. The van der Waals surface area contributed by atoms with E-state index in [1.807, 2.05) is 17.9 Å². The Bertz CT molecular complexity index is 1100. The molecule has 0 spiro atoms. The molecule has 0 N–H and O–H groups in total. The van der Waals surface area contributed by atoms with Gasteiger partial charge in [-0.1, -0.05) is 6.92 Å². The van der Waals surface area contributed by atoms with Crippen LogP contribution in [-0.4, -0.2) is 48.4 Å². The van der Waals surface area contributed by atoms with Crippen LogP contribution in [0.4, 0.5) is 13.2 Å². The molecule has 0 bridgehead atoms. The van der Waals surface area contributed by atoms with Crippen LogP contribution >= 0.6 is 0 Å². The number of carbonyl (C=O) groups is 1. The van der Waals surface area contributed by atoms with Crippen molar-refractivity contribution in [3.63, 3.8) is 0 Å². The van der Waals surface area contributed by atoms with Crippen LogP contribution in [0.3, 0.4) is 0 Å². The van der Waals surface area contributed by atoms with Crippen LogP contribution in [-0.2, 0) is 12.6 Å². The first-order chi connectivity index (χ1) is 15.7. The molecule has 1 aliphatic heterocycles. The normalized spacial score (nSPS) is 19.0. The third kappa shape index (κ3) is 5.04. The van der Waals surface area contributed by atoms with Crippen molar-refractivity contribution in [3.05, 3.63) is 65.5 Å². The number of halogens is 3. The summed E-state index contributed by atoms with van der Waals surface area (Å²) < 4.78 is 38.4. The molecule has 3 aromatic heterocycles. The van der Waals surface area contributed by atoms with Crippen molar-refractivity contribution in [1.82, 2.24) is 29.9 Å². The molecule has 4 heterocycles. The highest BCUT2D eigenvalue weighted by Gasteiger charge is 2.34. The molecule has 7 nitrogen and oxygen atoms in total. The van der Waals surface area contributed by atoms with Crippen LogP contribution in [0, 0.1) is 12.8 Å². The molecule has 0 unspecified atom stereocenters. The highest BCUT2D eigenvalue weighted by Crippen LogP contribution is 2.30. The van der Waals surface area contributed by atoms with Crippen LogP contribution < -0.4 is 0 Å². The predicted octanol–water partition coefficient (Wildman–Crippen LogP) is 4.26. The Hall–Kier alpha value is -3.30. The minimum Gasteiger partial charge on any atom is -0.334 e. The Morgan fingerprint density at radius 1 is 1.15 bits per heavy atom. The standard InChI is InChI=1S/C23H25F3N6O/c1-15-4-3-13-31(19(15)10-8-18-7-6-17(14-27-18)23(24,25)26)22(33)21-20(9-5-16(2)30-21)32-28-11-12-29-32/h5-7,9,11-12,14-15,19H,3-4,8,10,13H2,1-2H3/t15-,19-/m1/s1. The largest absolute Gasteiger partial charge is 0.417 e. The second-order valence-electron chi connectivity index (χ2n) is 8.40. The summed E-state index contributed by atoms with van der Waals surface area (Å²) in [6.45, 7) is 4.52. The molecule has 10 heteroatoms. The molecule has 2 atom stereocenters. The zero-order chi connectivity index (χ0) is 23.6. The van der Waals surface area contributed by atoms with Gasteiger partial charge in [0.1, 0.15) is 5.69 Å². The summed E-state index contributed by atoms with van der Waals surface area (Å²) in [5.41, 5.74) is 1.32. The maximum Gasteiger partial charge on any atom is 0.417 e. The van der Waals surface area contributed by atoms with E-state index < -0.39 is 11.7 Å². The molecule has 0 aromatic carbocycles. The predicted molar refractivity (Wildman–Crippen MR) is 115 cm³/mol. The lowest BCUT2D eigenvalue weighted by atomic mass is 9.87. The van der Waals surface area contributed by atoms with Crippen molar-refractivity contribution in [2.45, 2.75) is 51.7 Å². The fraction of sp³-hybridized carbons (Fsp3) is 0.435. The van der Waals surface area contributed by atoms with Crippen molar-refractivity contribution >= 4 is 5.91 Å². The van der Waals surface area contributed by atoms with E-state index in [9.17, 15) is 18.0 Å². The Morgan fingerprint density at radius 2 is 1.91 bits per heavy atom. The molecule has 174 valence electrons. The summed E-state index contributed by atoms with van der Waals surface area (Å²) in [7, 11) is 0. The van der Waals surface area contributed by atoms with Gasteiger partial charge in [-0.05, 0) is 62.8 Å². The number of amides is 1. The first-order valence-electron chi connectivity index (χ1n) is 10.9. The molecule has 4 rings (SSSR count). The van der Waals surface area contributed by atoms with Gasteiger partial charge in [0.2, 0.25) is 0 Å². The van der Waals surface area contributed by atoms with Gasteiger partial charge in [0.25, 0.3) is 5.91 Å². The Kier molecular flexibility index (Phi) is 6.44. The molecule has 33 heavy (non-hydrogen) atoms. The fourth-order valence-electron chi connectivity index (χ4n) is 4.32. The molecular formula is C23H25F3N6O. The quantitative estimate of drug-likeness (QED) is 0.571. The topological polar surface area (TPSA) is 76.8 Å². The highest BCUT2D eigenvalue weighted by molar-refractivity contribution is 5.96. The van der Waals surface area contributed by atoms with Crippen LogP contribution in [0.1, 0.15) is 53.6 Å². The van der Waals surface area contributed by atoms with Gasteiger partial charge in [-0.15, -0.1) is 4.80 Å². The monoisotopic (exact) mass is 458 g/mol. The number of aromatic nitrogens is 5. The van der Waals surface area contributed by atoms with Gasteiger partial charge in [-0.25, -0.2) is 4.98 Å². The third-order valence-corrected chi connectivity index (χ3v) is 6.07. The van der Waals surface area contributed by atoms with Gasteiger partial charge in [-0.2, -0.15) is 23.4 Å². The number of hydrogen-bond acceptors (Lipinski definition) is 5. The number of alkyl halides is 3. The van der Waals surface area contributed by atoms with Crippen LogP contribution in [0.25, 0.3) is 5.69 Å². The molecule has 3 aromatic rings. The molecule has 1 aliphatic rings. The minimum absolute atomic E-state index is 0.0731. The number of carbonyl (C=O) groups excluding carboxylic acids is 1. The molecule has 0 saturated carbocycles. The van der Waals surface area contributed by atoms with Gasteiger partial charge in [0.05, 0.1) is 18.0 Å². The van der Waals surface area contributed by atoms with Crippen LogP contribution in [0.15, 0.2) is 42.9 Å². The highest BCUT2D eigenvalue weighted by atomic mass is 19.4. The molecule has 1 amide bonds. The third-order valence-electron chi connectivity index (χ3n) is 6.07. The van der Waals surface area contributed by atoms with E-state index in [0.29, 0.717) is 36.5 Å². The van der Waals surface area contributed by atoms with E-state index in [1.165, 1.54) is 23.3 Å². The number of nitrogens with zero attached hydrogens (tertiary/aromatic N) is 6. The van der Waals surface area contributed by atoms with E-state index in [2.05, 4.69) is 27.1 Å². The Labute approximate surface area is 189 Å². The lowest BCUT2D eigenvalue weighted by Gasteiger charge is -2.40. The van der Waals surface area contributed by atoms with Crippen molar-refractivity contribution < 1.29 is 18.0 Å². The Balaban J connectivity index is 1.55. The van der Waals surface area contributed by atoms with E-state index in [-0.39, 0.29) is 23.6 Å². The van der Waals surface area contributed by atoms with Crippen LogP contribution in [0.2, 0.25) is 0 Å². The van der Waals surface area contributed by atoms with E-state index >= 15 is 0 Å². The van der Waals surface area contributed by atoms with Gasteiger partial charge < -0.3 is 4.90 Å². The van der Waals surface area contributed by atoms with Crippen molar-refractivity contribution in [3.8, 4) is 5.69 Å². The maximum absolute atomic E-state index is 13.6. The van der Waals surface area contributed by atoms with Crippen molar-refractivity contribution in [1.29, 1.82) is 0 Å². The summed E-state index contributed by atoms with van der Waals surface area (Å²) in [5.74, 6) is 0.0520. The van der Waals surface area contributed by atoms with Gasteiger partial charge in [0, 0.05) is 30.2 Å². The van der Waals surface area contributed by atoms with Crippen molar-refractivity contribution in [2.24, 2.45) is 5.92 Å². The van der Waals surface area contributed by atoms with Crippen molar-refractivity contribution in [2.75, 3.05) is 6.54 Å². The van der Waals surface area contributed by atoms with E-state index in [1.54, 1.807) is 6.07 Å². The summed E-state index contributed by atoms with van der Waals surface area (Å²) >= 11 is 0. The van der Waals surface area contributed by atoms with Crippen LogP contribution in [0.5, 0.6) is 0 Å². The molecule has 1 fully saturated rings. The van der Waals surface area contributed by atoms with Gasteiger partial charge in [0.15, 0.2) is 5.69 Å². The number of likely N-dealkylation sites (tertiary alicyclic amines) is 1. The molecule has 0 aliphatic carbocycles. The minimum atomic E-state index is -4.41. The first kappa shape index (κ1) is 22.9. The van der Waals surface area contributed by atoms with Gasteiger partial charge >= 0.3 is 6.18 Å². The number of hydrogen-bond donors (Lipinski definition) is 0. The number of rotatable bonds is 5. The molecule has 0 radical (unpaired) electrons. The fourth-order valence-corrected chi connectivity index (χ4v) is 4.32. The number of pyridine rings is 2. The SMILES string of the molecule is Cc1ccc(-n2nccn2)c(C(=O)N2CCC[C@@H](C)[C@H]2CCc2ccc(C(F)(F)F)cn2)n1. The molecule has 1 saturated heterocycles. The summed E-state index contributed by atoms with van der Waals surface area (Å²) in [5, 5.41) is 8.29. The first-order valence-corrected chi connectivity index (χ1v) is 10.9. The Morgan fingerprint density at radius 3 is 2.58 bits per heavy atom. The zero-order valence-corrected chi connectivity index (χ0v) is 18.5. The van der Waals surface area contributed by atoms with Gasteiger partial charge in [-0.3, -0.25) is 9.78 Å². The van der Waals surface area contributed by atoms with E-state index in [4.69, 9.17) is 0 Å². The summed E-state index contributed by atoms with van der Waals surface area (Å²) in [4.78, 5) is 25.4. The summed E-state index contributed by atoms with van der Waals surface area (Å²) in [6, 6.07) is 5.98. The molecular weight excluding hydrogens is 433 g/mol. The average Bonchev–Trinajstić information content (AvgIpc) is 3.32. The second-order valence-corrected chi connectivity index (χ2v) is 8.40.